The smallest absolute Gasteiger partial charge is 0.0350 e. The first-order chi connectivity index (χ1) is 10.6. The van der Waals surface area contributed by atoms with Crippen molar-refractivity contribution in [3.8, 4) is 0 Å². The maximum absolute atomic E-state index is 4.37. The fourth-order valence-electron chi connectivity index (χ4n) is 5.20. The Balaban J connectivity index is 1.96. The van der Waals surface area contributed by atoms with Gasteiger partial charge in [0.1, 0.15) is 0 Å². The lowest BCUT2D eigenvalue weighted by Gasteiger charge is -2.62. The molecule has 6 unspecified atom stereocenters. The van der Waals surface area contributed by atoms with E-state index in [0.717, 1.165) is 0 Å². The Labute approximate surface area is 135 Å². The molecule has 6 atom stereocenters. The zero-order chi connectivity index (χ0) is 16.0. The molecule has 0 bridgehead atoms. The van der Waals surface area contributed by atoms with Gasteiger partial charge in [-0.05, 0) is 50.7 Å². The van der Waals surface area contributed by atoms with Gasteiger partial charge in [0.15, 0.2) is 0 Å². The highest BCUT2D eigenvalue weighted by Gasteiger charge is 2.68. The van der Waals surface area contributed by atoms with Gasteiger partial charge < -0.3 is 0 Å². The summed E-state index contributed by atoms with van der Waals surface area (Å²) in [4.78, 5) is 2.73. The molecule has 0 aromatic carbocycles. The maximum atomic E-state index is 4.37. The van der Waals surface area contributed by atoms with E-state index in [1.165, 1.54) is 11.1 Å². The van der Waals surface area contributed by atoms with Gasteiger partial charge in [-0.3, -0.25) is 4.90 Å². The molecule has 118 valence electrons. The zero-order valence-corrected chi connectivity index (χ0v) is 14.4. The summed E-state index contributed by atoms with van der Waals surface area (Å²) in [5, 5.41) is 0. The van der Waals surface area contributed by atoms with Crippen molar-refractivity contribution >= 4 is 0 Å². The molecule has 1 heterocycles. The van der Waals surface area contributed by atoms with E-state index in [4.69, 9.17) is 0 Å². The quantitative estimate of drug-likeness (QED) is 0.676. The van der Waals surface area contributed by atoms with Gasteiger partial charge in [0.25, 0.3) is 0 Å². The second kappa shape index (κ2) is 5.70. The van der Waals surface area contributed by atoms with Crippen LogP contribution < -0.4 is 0 Å². The molecule has 2 saturated carbocycles. The second-order valence-corrected chi connectivity index (χ2v) is 7.16. The highest BCUT2D eigenvalue weighted by Crippen LogP contribution is 2.68. The number of hydrogen-bond acceptors (Lipinski definition) is 1. The molecular formula is C21H29N. The minimum Gasteiger partial charge on any atom is -0.290 e. The molecule has 3 fully saturated rings. The van der Waals surface area contributed by atoms with Gasteiger partial charge in [0.05, 0.1) is 0 Å². The second-order valence-electron chi connectivity index (χ2n) is 7.16. The highest BCUT2D eigenvalue weighted by molar-refractivity contribution is 5.54. The average Bonchev–Trinajstić information content (AvgIpc) is 2.72. The Morgan fingerprint density at radius 2 is 1.86 bits per heavy atom. The number of rotatable bonds is 4. The average molecular weight is 295 g/mol. The van der Waals surface area contributed by atoms with Crippen LogP contribution in [0.15, 0.2) is 60.8 Å². The third-order valence-electron chi connectivity index (χ3n) is 5.95. The van der Waals surface area contributed by atoms with Crippen molar-refractivity contribution in [3.05, 3.63) is 60.8 Å². The van der Waals surface area contributed by atoms with Crippen LogP contribution in [0.4, 0.5) is 0 Å². The normalized spacial score (nSPS) is 42.8. The summed E-state index contributed by atoms with van der Waals surface area (Å²) in [6.07, 6.45) is 13.3. The van der Waals surface area contributed by atoms with Gasteiger partial charge >= 0.3 is 0 Å². The van der Waals surface area contributed by atoms with E-state index >= 15 is 0 Å². The molecule has 2 aliphatic carbocycles. The fourth-order valence-corrected chi connectivity index (χ4v) is 5.20. The summed E-state index contributed by atoms with van der Waals surface area (Å²) >= 11 is 0. The molecule has 1 nitrogen and oxygen atoms in total. The predicted molar refractivity (Wildman–Crippen MR) is 95.6 cm³/mol. The van der Waals surface area contributed by atoms with Crippen LogP contribution in [-0.4, -0.2) is 23.0 Å². The Morgan fingerprint density at radius 1 is 1.14 bits per heavy atom. The number of allylic oxidation sites excluding steroid dienone is 5. The van der Waals surface area contributed by atoms with E-state index in [0.29, 0.717) is 41.8 Å². The van der Waals surface area contributed by atoms with Crippen molar-refractivity contribution in [1.29, 1.82) is 0 Å². The standard InChI is InChI=1S/C21H29N/c1-7-10-12-16-14(6)18-19-15(9-3)17(11-8-2)22(13(4)5)21(19)20(16)18/h7-13,15,17-21H,3,6H2,1-2,4-5H3/b10-7-,11-8-,16-12+. The molecule has 0 spiro atoms. The molecule has 0 radical (unpaired) electrons. The lowest BCUT2D eigenvalue weighted by molar-refractivity contribution is -0.0207. The van der Waals surface area contributed by atoms with Gasteiger partial charge in [-0.15, -0.1) is 6.58 Å². The monoisotopic (exact) mass is 295 g/mol. The number of nitrogens with zero attached hydrogens (tertiary/aromatic N) is 1. The van der Waals surface area contributed by atoms with Crippen molar-refractivity contribution in [3.63, 3.8) is 0 Å². The summed E-state index contributed by atoms with van der Waals surface area (Å²) in [6.45, 7) is 17.4. The van der Waals surface area contributed by atoms with Gasteiger partial charge in [-0.25, -0.2) is 0 Å². The van der Waals surface area contributed by atoms with Crippen LogP contribution in [0.1, 0.15) is 27.7 Å². The molecule has 1 heteroatoms. The van der Waals surface area contributed by atoms with Crippen LogP contribution in [0.25, 0.3) is 0 Å². The van der Waals surface area contributed by atoms with E-state index in [1.807, 2.05) is 0 Å². The van der Waals surface area contributed by atoms with Crippen LogP contribution in [0.3, 0.4) is 0 Å². The molecular weight excluding hydrogens is 266 g/mol. The third-order valence-corrected chi connectivity index (χ3v) is 5.95. The first-order valence-electron chi connectivity index (χ1n) is 8.63. The zero-order valence-electron chi connectivity index (χ0n) is 14.4. The third kappa shape index (κ3) is 1.88. The van der Waals surface area contributed by atoms with Gasteiger partial charge in [0.2, 0.25) is 0 Å². The first-order valence-corrected chi connectivity index (χ1v) is 8.63. The highest BCUT2D eigenvalue weighted by atomic mass is 15.3. The summed E-state index contributed by atoms with van der Waals surface area (Å²) in [7, 11) is 0. The lowest BCUT2D eigenvalue weighted by atomic mass is 9.44. The van der Waals surface area contributed by atoms with E-state index in [2.05, 4.69) is 82.2 Å². The van der Waals surface area contributed by atoms with E-state index in [1.54, 1.807) is 0 Å². The topological polar surface area (TPSA) is 3.24 Å². The van der Waals surface area contributed by atoms with Crippen LogP contribution in [-0.2, 0) is 0 Å². The van der Waals surface area contributed by atoms with Crippen LogP contribution in [0, 0.1) is 23.7 Å². The molecule has 3 aliphatic rings. The SMILES string of the molecule is C=CC1C2C3C(=C)/C(=C\C=C/C)C3C2N(C(C)C)C1/C=C\C. The first kappa shape index (κ1) is 15.6. The Kier molecular flexibility index (Phi) is 4.03. The number of likely N-dealkylation sites (tertiary alicyclic amines) is 1. The lowest BCUT2D eigenvalue weighted by Crippen LogP contribution is -2.63. The molecule has 1 saturated heterocycles. The largest absolute Gasteiger partial charge is 0.290 e. The summed E-state index contributed by atoms with van der Waals surface area (Å²) in [5.41, 5.74) is 2.86. The number of hydrogen-bond donors (Lipinski definition) is 0. The van der Waals surface area contributed by atoms with Crippen molar-refractivity contribution in [2.24, 2.45) is 23.7 Å². The summed E-state index contributed by atoms with van der Waals surface area (Å²) in [5.74, 6) is 2.64. The van der Waals surface area contributed by atoms with Gasteiger partial charge in [0, 0.05) is 30.0 Å². The van der Waals surface area contributed by atoms with E-state index < -0.39 is 0 Å². The molecule has 0 aromatic heterocycles. The molecule has 0 N–H and O–H groups in total. The van der Waals surface area contributed by atoms with E-state index in [9.17, 15) is 0 Å². The van der Waals surface area contributed by atoms with E-state index in [-0.39, 0.29) is 0 Å². The molecule has 0 aromatic rings. The Hall–Kier alpha value is -1.34. The molecule has 0 amide bonds. The molecule has 3 rings (SSSR count). The van der Waals surface area contributed by atoms with Crippen LogP contribution >= 0.6 is 0 Å². The van der Waals surface area contributed by atoms with Crippen molar-refractivity contribution in [1.82, 2.24) is 4.90 Å². The van der Waals surface area contributed by atoms with Crippen molar-refractivity contribution in [2.45, 2.75) is 45.8 Å². The number of fused-ring (bicyclic) bond motifs is 4. The Bertz CT molecular complexity index is 562. The summed E-state index contributed by atoms with van der Waals surface area (Å²) < 4.78 is 0. The predicted octanol–water partition coefficient (Wildman–Crippen LogP) is 4.76. The Morgan fingerprint density at radius 3 is 2.41 bits per heavy atom. The van der Waals surface area contributed by atoms with Crippen LogP contribution in [0.5, 0.6) is 0 Å². The van der Waals surface area contributed by atoms with Gasteiger partial charge in [-0.1, -0.05) is 43.0 Å². The van der Waals surface area contributed by atoms with Crippen LogP contribution in [0.2, 0.25) is 0 Å². The summed E-state index contributed by atoms with van der Waals surface area (Å²) in [6, 6.07) is 1.73. The maximum Gasteiger partial charge on any atom is 0.0350 e. The van der Waals surface area contributed by atoms with Crippen molar-refractivity contribution in [2.75, 3.05) is 0 Å². The van der Waals surface area contributed by atoms with Gasteiger partial charge in [-0.2, -0.15) is 0 Å². The van der Waals surface area contributed by atoms with Crippen molar-refractivity contribution < 1.29 is 0 Å². The molecule has 22 heavy (non-hydrogen) atoms. The fraction of sp³-hybridized carbons (Fsp3) is 0.524. The minimum absolute atomic E-state index is 0.499. The molecule has 1 aliphatic heterocycles. The minimum atomic E-state index is 0.499.